The molecule has 1 fully saturated rings. The summed E-state index contributed by atoms with van der Waals surface area (Å²) in [6.07, 6.45) is 9.26. The fourth-order valence-electron chi connectivity index (χ4n) is 3.00. The van der Waals surface area contributed by atoms with Crippen molar-refractivity contribution in [2.75, 3.05) is 0 Å². The number of rotatable bonds is 4. The van der Waals surface area contributed by atoms with Gasteiger partial charge in [-0.05, 0) is 24.7 Å². The molecule has 1 aliphatic carbocycles. The highest BCUT2D eigenvalue weighted by atomic mass is 15.4. The average Bonchev–Trinajstić information content (AvgIpc) is 2.88. The van der Waals surface area contributed by atoms with Crippen LogP contribution < -0.4 is 5.73 Å². The summed E-state index contributed by atoms with van der Waals surface area (Å²) in [4.78, 5) is 0. The topological polar surface area (TPSA) is 56.7 Å². The van der Waals surface area contributed by atoms with E-state index in [0.29, 0.717) is 5.41 Å². The largest absolute Gasteiger partial charge is 0.327 e. The zero-order chi connectivity index (χ0) is 11.6. The van der Waals surface area contributed by atoms with Gasteiger partial charge in [-0.15, -0.1) is 5.10 Å². The molecular formula is C12H22N4. The molecular weight excluding hydrogens is 200 g/mol. The van der Waals surface area contributed by atoms with Gasteiger partial charge in [-0.2, -0.15) is 0 Å². The van der Waals surface area contributed by atoms with Crippen LogP contribution in [0.25, 0.3) is 0 Å². The molecule has 2 N–H and O–H groups in total. The Morgan fingerprint density at radius 1 is 1.50 bits per heavy atom. The van der Waals surface area contributed by atoms with Gasteiger partial charge in [0.15, 0.2) is 0 Å². The van der Waals surface area contributed by atoms with Crippen molar-refractivity contribution >= 4 is 0 Å². The predicted molar refractivity (Wildman–Crippen MR) is 63.9 cm³/mol. The van der Waals surface area contributed by atoms with Crippen LogP contribution >= 0.6 is 0 Å². The highest BCUT2D eigenvalue weighted by molar-refractivity contribution is 5.01. The zero-order valence-electron chi connectivity index (χ0n) is 10.3. The first-order valence-corrected chi connectivity index (χ1v) is 6.27. The Morgan fingerprint density at radius 2 is 2.19 bits per heavy atom. The van der Waals surface area contributed by atoms with Crippen molar-refractivity contribution < 1.29 is 0 Å². The van der Waals surface area contributed by atoms with Crippen LogP contribution in [-0.4, -0.2) is 21.0 Å². The SMILES string of the molecule is CCC1(C(N)Cc2cn(C)nn2)CCCC1. The Hall–Kier alpha value is -0.900. The number of hydrogen-bond donors (Lipinski definition) is 1. The third-order valence-electron chi connectivity index (χ3n) is 4.17. The van der Waals surface area contributed by atoms with Gasteiger partial charge in [0.1, 0.15) is 0 Å². The summed E-state index contributed by atoms with van der Waals surface area (Å²) in [5.41, 5.74) is 7.77. The lowest BCUT2D eigenvalue weighted by Crippen LogP contribution is -2.41. The van der Waals surface area contributed by atoms with Gasteiger partial charge >= 0.3 is 0 Å². The first kappa shape index (κ1) is 11.6. The Bertz CT molecular complexity index is 339. The van der Waals surface area contributed by atoms with Crippen LogP contribution in [0, 0.1) is 5.41 Å². The molecule has 90 valence electrons. The molecule has 1 atom stereocenters. The van der Waals surface area contributed by atoms with E-state index in [2.05, 4.69) is 17.2 Å². The molecule has 0 spiro atoms. The van der Waals surface area contributed by atoms with Crippen LogP contribution in [0.15, 0.2) is 6.20 Å². The molecule has 4 nitrogen and oxygen atoms in total. The second-order valence-corrected chi connectivity index (χ2v) is 5.12. The molecule has 0 bridgehead atoms. The van der Waals surface area contributed by atoms with E-state index >= 15 is 0 Å². The number of aryl methyl sites for hydroxylation is 1. The molecule has 4 heteroatoms. The van der Waals surface area contributed by atoms with Crippen LogP contribution in [0.5, 0.6) is 0 Å². The van der Waals surface area contributed by atoms with Crippen molar-refractivity contribution in [1.82, 2.24) is 15.0 Å². The zero-order valence-corrected chi connectivity index (χ0v) is 10.3. The number of hydrogen-bond acceptors (Lipinski definition) is 3. The number of nitrogens with two attached hydrogens (primary N) is 1. The van der Waals surface area contributed by atoms with Gasteiger partial charge in [0.25, 0.3) is 0 Å². The number of aromatic nitrogens is 3. The molecule has 1 aliphatic rings. The first-order chi connectivity index (χ1) is 7.66. The van der Waals surface area contributed by atoms with E-state index in [4.69, 9.17) is 5.73 Å². The Morgan fingerprint density at radius 3 is 2.69 bits per heavy atom. The summed E-state index contributed by atoms with van der Waals surface area (Å²) in [7, 11) is 1.90. The molecule has 1 unspecified atom stereocenters. The van der Waals surface area contributed by atoms with Crippen LogP contribution in [-0.2, 0) is 13.5 Å². The van der Waals surface area contributed by atoms with Crippen molar-refractivity contribution in [2.24, 2.45) is 18.2 Å². The maximum absolute atomic E-state index is 6.39. The second-order valence-electron chi connectivity index (χ2n) is 5.12. The Labute approximate surface area is 97.2 Å². The molecule has 2 rings (SSSR count). The van der Waals surface area contributed by atoms with E-state index < -0.39 is 0 Å². The molecule has 1 saturated carbocycles. The minimum Gasteiger partial charge on any atom is -0.327 e. The van der Waals surface area contributed by atoms with Crippen LogP contribution in [0.4, 0.5) is 0 Å². The standard InChI is InChI=1S/C12H22N4/c1-3-12(6-4-5-7-12)11(13)8-10-9-16(2)15-14-10/h9,11H,3-8,13H2,1-2H3. The van der Waals surface area contributed by atoms with Crippen molar-refractivity contribution in [1.29, 1.82) is 0 Å². The lowest BCUT2D eigenvalue weighted by Gasteiger charge is -2.34. The summed E-state index contributed by atoms with van der Waals surface area (Å²) < 4.78 is 1.75. The van der Waals surface area contributed by atoms with Gasteiger partial charge in [-0.25, -0.2) is 0 Å². The lowest BCUT2D eigenvalue weighted by atomic mass is 9.75. The van der Waals surface area contributed by atoms with Crippen molar-refractivity contribution in [3.63, 3.8) is 0 Å². The van der Waals surface area contributed by atoms with Crippen molar-refractivity contribution in [3.8, 4) is 0 Å². The van der Waals surface area contributed by atoms with Crippen molar-refractivity contribution in [3.05, 3.63) is 11.9 Å². The van der Waals surface area contributed by atoms with E-state index in [1.807, 2.05) is 13.2 Å². The third kappa shape index (κ3) is 2.12. The fraction of sp³-hybridized carbons (Fsp3) is 0.833. The summed E-state index contributed by atoms with van der Waals surface area (Å²) in [6.45, 7) is 2.27. The summed E-state index contributed by atoms with van der Waals surface area (Å²) >= 11 is 0. The highest BCUT2D eigenvalue weighted by Gasteiger charge is 2.37. The van der Waals surface area contributed by atoms with E-state index in [-0.39, 0.29) is 6.04 Å². The van der Waals surface area contributed by atoms with Gasteiger partial charge in [-0.3, -0.25) is 4.68 Å². The quantitative estimate of drug-likeness (QED) is 0.843. The molecule has 0 amide bonds. The van der Waals surface area contributed by atoms with Crippen LogP contribution in [0.1, 0.15) is 44.7 Å². The maximum Gasteiger partial charge on any atom is 0.0842 e. The molecule has 0 aliphatic heterocycles. The van der Waals surface area contributed by atoms with Crippen LogP contribution in [0.2, 0.25) is 0 Å². The average molecular weight is 222 g/mol. The lowest BCUT2D eigenvalue weighted by molar-refractivity contribution is 0.218. The smallest absolute Gasteiger partial charge is 0.0842 e. The highest BCUT2D eigenvalue weighted by Crippen LogP contribution is 2.43. The maximum atomic E-state index is 6.39. The molecule has 1 heterocycles. The number of nitrogens with zero attached hydrogens (tertiary/aromatic N) is 3. The van der Waals surface area contributed by atoms with Gasteiger partial charge in [-0.1, -0.05) is 25.0 Å². The molecule has 0 radical (unpaired) electrons. The Balaban J connectivity index is 2.03. The first-order valence-electron chi connectivity index (χ1n) is 6.27. The molecule has 1 aromatic heterocycles. The van der Waals surface area contributed by atoms with E-state index in [1.54, 1.807) is 4.68 Å². The van der Waals surface area contributed by atoms with E-state index in [1.165, 1.54) is 32.1 Å². The Kier molecular flexibility index (Phi) is 3.28. The van der Waals surface area contributed by atoms with Gasteiger partial charge in [0.05, 0.1) is 5.69 Å². The monoisotopic (exact) mass is 222 g/mol. The minimum atomic E-state index is 0.233. The molecule has 0 saturated heterocycles. The van der Waals surface area contributed by atoms with Gasteiger partial charge < -0.3 is 5.73 Å². The minimum absolute atomic E-state index is 0.233. The van der Waals surface area contributed by atoms with Gasteiger partial charge in [0, 0.05) is 25.7 Å². The van der Waals surface area contributed by atoms with E-state index in [9.17, 15) is 0 Å². The molecule has 0 aromatic carbocycles. The fourth-order valence-corrected chi connectivity index (χ4v) is 3.00. The third-order valence-corrected chi connectivity index (χ3v) is 4.17. The van der Waals surface area contributed by atoms with Gasteiger partial charge in [0.2, 0.25) is 0 Å². The van der Waals surface area contributed by atoms with Crippen LogP contribution in [0.3, 0.4) is 0 Å². The second kappa shape index (κ2) is 4.53. The van der Waals surface area contributed by atoms with Crippen molar-refractivity contribution in [2.45, 2.75) is 51.5 Å². The van der Waals surface area contributed by atoms with E-state index in [0.717, 1.165) is 12.1 Å². The summed E-state index contributed by atoms with van der Waals surface area (Å²) in [5.74, 6) is 0. The molecule has 1 aromatic rings. The predicted octanol–water partition coefficient (Wildman–Crippen LogP) is 1.66. The summed E-state index contributed by atoms with van der Waals surface area (Å²) in [6, 6.07) is 0.233. The normalized spacial score (nSPS) is 21.2. The molecule has 16 heavy (non-hydrogen) atoms. The summed E-state index contributed by atoms with van der Waals surface area (Å²) in [5, 5.41) is 8.08.